The van der Waals surface area contributed by atoms with E-state index in [1.807, 2.05) is 6.20 Å². The monoisotopic (exact) mass is 270 g/mol. The van der Waals surface area contributed by atoms with Gasteiger partial charge in [0.25, 0.3) is 0 Å². The van der Waals surface area contributed by atoms with Crippen LogP contribution in [0.1, 0.15) is 33.3 Å². The highest BCUT2D eigenvalue weighted by molar-refractivity contribution is 9.10. The zero-order valence-corrected chi connectivity index (χ0v) is 11.5. The Morgan fingerprint density at radius 2 is 2.07 bits per heavy atom. The standard InChI is InChI=1S/C12H19BrN2/c1-5-9-6-11(13)14-7-10(9)15-8-12(2,3)4/h6-7,15H,5,8H2,1-4H3. The topological polar surface area (TPSA) is 24.9 Å². The smallest absolute Gasteiger partial charge is 0.106 e. The van der Waals surface area contributed by atoms with Crippen molar-refractivity contribution in [3.05, 3.63) is 22.4 Å². The molecule has 0 aromatic carbocycles. The van der Waals surface area contributed by atoms with Crippen molar-refractivity contribution in [2.45, 2.75) is 34.1 Å². The van der Waals surface area contributed by atoms with Crippen LogP contribution in [0.15, 0.2) is 16.9 Å². The molecule has 0 spiro atoms. The fourth-order valence-corrected chi connectivity index (χ4v) is 1.66. The van der Waals surface area contributed by atoms with Crippen LogP contribution in [0.2, 0.25) is 0 Å². The van der Waals surface area contributed by atoms with E-state index in [1.54, 1.807) is 0 Å². The summed E-state index contributed by atoms with van der Waals surface area (Å²) in [4.78, 5) is 4.24. The molecule has 1 aromatic rings. The van der Waals surface area contributed by atoms with E-state index in [2.05, 4.69) is 60.0 Å². The van der Waals surface area contributed by atoms with Crippen LogP contribution in [0.25, 0.3) is 0 Å². The summed E-state index contributed by atoms with van der Waals surface area (Å²) in [6.45, 7) is 9.78. The zero-order chi connectivity index (χ0) is 11.5. The van der Waals surface area contributed by atoms with Crippen molar-refractivity contribution < 1.29 is 0 Å². The molecule has 0 unspecified atom stereocenters. The summed E-state index contributed by atoms with van der Waals surface area (Å²) < 4.78 is 0.903. The maximum absolute atomic E-state index is 4.24. The quantitative estimate of drug-likeness (QED) is 0.844. The Hall–Kier alpha value is -0.570. The molecule has 0 aliphatic carbocycles. The number of hydrogen-bond acceptors (Lipinski definition) is 2. The van der Waals surface area contributed by atoms with Crippen LogP contribution in [-0.4, -0.2) is 11.5 Å². The second-order valence-corrected chi connectivity index (χ2v) is 5.74. The van der Waals surface area contributed by atoms with Gasteiger partial charge in [-0.25, -0.2) is 4.98 Å². The van der Waals surface area contributed by atoms with Gasteiger partial charge in [0.1, 0.15) is 4.60 Å². The first-order valence-corrected chi connectivity index (χ1v) is 6.10. The number of rotatable bonds is 3. The molecule has 1 N–H and O–H groups in total. The third kappa shape index (κ3) is 4.20. The molecule has 0 bridgehead atoms. The van der Waals surface area contributed by atoms with Crippen LogP contribution in [0.5, 0.6) is 0 Å². The molecular weight excluding hydrogens is 252 g/mol. The van der Waals surface area contributed by atoms with Gasteiger partial charge >= 0.3 is 0 Å². The Morgan fingerprint density at radius 1 is 1.40 bits per heavy atom. The number of anilines is 1. The van der Waals surface area contributed by atoms with Gasteiger partial charge in [0.2, 0.25) is 0 Å². The SMILES string of the molecule is CCc1cc(Br)ncc1NCC(C)(C)C. The van der Waals surface area contributed by atoms with Gasteiger partial charge in [-0.2, -0.15) is 0 Å². The zero-order valence-electron chi connectivity index (χ0n) is 9.89. The van der Waals surface area contributed by atoms with E-state index >= 15 is 0 Å². The van der Waals surface area contributed by atoms with Gasteiger partial charge in [-0.1, -0.05) is 27.7 Å². The van der Waals surface area contributed by atoms with Gasteiger partial charge in [-0.3, -0.25) is 0 Å². The van der Waals surface area contributed by atoms with Crippen LogP contribution in [-0.2, 0) is 6.42 Å². The van der Waals surface area contributed by atoms with Crippen molar-refractivity contribution in [3.8, 4) is 0 Å². The highest BCUT2D eigenvalue weighted by Crippen LogP contribution is 2.21. The number of aryl methyl sites for hydroxylation is 1. The summed E-state index contributed by atoms with van der Waals surface area (Å²) in [6.07, 6.45) is 2.92. The highest BCUT2D eigenvalue weighted by atomic mass is 79.9. The van der Waals surface area contributed by atoms with E-state index in [0.717, 1.165) is 23.3 Å². The molecule has 2 nitrogen and oxygen atoms in total. The van der Waals surface area contributed by atoms with E-state index in [-0.39, 0.29) is 5.41 Å². The van der Waals surface area contributed by atoms with E-state index < -0.39 is 0 Å². The lowest BCUT2D eigenvalue weighted by Gasteiger charge is -2.20. The fourth-order valence-electron chi connectivity index (χ4n) is 1.28. The van der Waals surface area contributed by atoms with Crippen LogP contribution in [0, 0.1) is 5.41 Å². The normalized spacial score (nSPS) is 11.5. The molecule has 0 radical (unpaired) electrons. The summed E-state index contributed by atoms with van der Waals surface area (Å²) in [5.41, 5.74) is 2.75. The summed E-state index contributed by atoms with van der Waals surface area (Å²) in [5, 5.41) is 3.45. The van der Waals surface area contributed by atoms with Crippen LogP contribution < -0.4 is 5.32 Å². The maximum Gasteiger partial charge on any atom is 0.106 e. The second kappa shape index (κ2) is 4.97. The number of nitrogens with zero attached hydrogens (tertiary/aromatic N) is 1. The Kier molecular flexibility index (Phi) is 4.14. The van der Waals surface area contributed by atoms with Crippen molar-refractivity contribution in [2.75, 3.05) is 11.9 Å². The van der Waals surface area contributed by atoms with E-state index in [9.17, 15) is 0 Å². The third-order valence-electron chi connectivity index (χ3n) is 2.15. The molecule has 0 saturated carbocycles. The molecule has 15 heavy (non-hydrogen) atoms. The summed E-state index contributed by atoms with van der Waals surface area (Å²) in [5.74, 6) is 0. The average molecular weight is 271 g/mol. The predicted molar refractivity (Wildman–Crippen MR) is 69.3 cm³/mol. The Labute approximate surface area is 101 Å². The highest BCUT2D eigenvalue weighted by Gasteiger charge is 2.10. The van der Waals surface area contributed by atoms with E-state index in [1.165, 1.54) is 5.56 Å². The van der Waals surface area contributed by atoms with E-state index in [4.69, 9.17) is 0 Å². The number of halogens is 1. The van der Waals surface area contributed by atoms with Crippen molar-refractivity contribution in [2.24, 2.45) is 5.41 Å². The molecule has 1 heterocycles. The van der Waals surface area contributed by atoms with Gasteiger partial charge in [0.15, 0.2) is 0 Å². The van der Waals surface area contributed by atoms with Crippen molar-refractivity contribution in [1.29, 1.82) is 0 Å². The predicted octanol–water partition coefficient (Wildman–Crippen LogP) is 3.86. The lowest BCUT2D eigenvalue weighted by Crippen LogP contribution is -2.19. The minimum atomic E-state index is 0.290. The number of hydrogen-bond donors (Lipinski definition) is 1. The second-order valence-electron chi connectivity index (χ2n) is 4.93. The average Bonchev–Trinajstić information content (AvgIpc) is 2.14. The Balaban J connectivity index is 2.76. The summed E-state index contributed by atoms with van der Waals surface area (Å²) in [6, 6.07) is 2.07. The molecule has 0 saturated heterocycles. The minimum absolute atomic E-state index is 0.290. The van der Waals surface area contributed by atoms with E-state index in [0.29, 0.717) is 0 Å². The first-order chi connectivity index (χ1) is 6.92. The molecular formula is C12H19BrN2. The largest absolute Gasteiger partial charge is 0.383 e. The first-order valence-electron chi connectivity index (χ1n) is 5.30. The maximum atomic E-state index is 4.24. The summed E-state index contributed by atoms with van der Waals surface area (Å²) >= 11 is 3.39. The fraction of sp³-hybridized carbons (Fsp3) is 0.583. The van der Waals surface area contributed by atoms with Crippen LogP contribution in [0.3, 0.4) is 0 Å². The van der Waals surface area contributed by atoms with Crippen LogP contribution >= 0.6 is 15.9 Å². The third-order valence-corrected chi connectivity index (χ3v) is 2.58. The molecule has 1 rings (SSSR count). The first kappa shape index (κ1) is 12.5. The molecule has 1 aromatic heterocycles. The van der Waals surface area contributed by atoms with Crippen molar-refractivity contribution in [1.82, 2.24) is 4.98 Å². The molecule has 0 amide bonds. The number of nitrogens with one attached hydrogen (secondary N) is 1. The molecule has 84 valence electrons. The van der Waals surface area contributed by atoms with Gasteiger partial charge in [-0.15, -0.1) is 0 Å². The van der Waals surface area contributed by atoms with Crippen molar-refractivity contribution in [3.63, 3.8) is 0 Å². The molecule has 0 aliphatic rings. The number of pyridine rings is 1. The molecule has 0 fully saturated rings. The molecule has 3 heteroatoms. The molecule has 0 atom stereocenters. The van der Waals surface area contributed by atoms with Gasteiger partial charge in [0.05, 0.1) is 11.9 Å². The summed E-state index contributed by atoms with van der Waals surface area (Å²) in [7, 11) is 0. The van der Waals surface area contributed by atoms with Gasteiger partial charge < -0.3 is 5.32 Å². The minimum Gasteiger partial charge on any atom is -0.383 e. The number of aromatic nitrogens is 1. The lowest BCUT2D eigenvalue weighted by atomic mass is 9.97. The molecule has 0 aliphatic heterocycles. The van der Waals surface area contributed by atoms with Gasteiger partial charge in [-0.05, 0) is 39.4 Å². The van der Waals surface area contributed by atoms with Gasteiger partial charge in [0, 0.05) is 6.54 Å². The Bertz CT molecular complexity index is 329. The lowest BCUT2D eigenvalue weighted by molar-refractivity contribution is 0.443. The van der Waals surface area contributed by atoms with Crippen molar-refractivity contribution >= 4 is 21.6 Å². The van der Waals surface area contributed by atoms with Crippen LogP contribution in [0.4, 0.5) is 5.69 Å². The Morgan fingerprint density at radius 3 is 2.60 bits per heavy atom.